The lowest BCUT2D eigenvalue weighted by atomic mass is 10.1. The summed E-state index contributed by atoms with van der Waals surface area (Å²) in [6.07, 6.45) is 2.12. The zero-order valence-corrected chi connectivity index (χ0v) is 11.3. The maximum atomic E-state index is 6.13. The number of nitrogens with two attached hydrogens (primary N) is 1. The number of anilines is 1. The Labute approximate surface area is 112 Å². The summed E-state index contributed by atoms with van der Waals surface area (Å²) >= 11 is 6.13. The van der Waals surface area contributed by atoms with Crippen LogP contribution in [0.25, 0.3) is 0 Å². The van der Waals surface area contributed by atoms with E-state index in [9.17, 15) is 0 Å². The average Bonchev–Trinajstić information content (AvgIpc) is 2.86. The van der Waals surface area contributed by atoms with Crippen LogP contribution in [-0.4, -0.2) is 9.78 Å². The molecule has 1 atom stereocenters. The number of halogens is 1. The van der Waals surface area contributed by atoms with Crippen molar-refractivity contribution in [1.82, 2.24) is 9.78 Å². The van der Waals surface area contributed by atoms with Gasteiger partial charge in [-0.2, -0.15) is 5.10 Å². The van der Waals surface area contributed by atoms with E-state index in [1.165, 1.54) is 16.7 Å². The Kier molecular flexibility index (Phi) is 2.59. The van der Waals surface area contributed by atoms with Gasteiger partial charge in [-0.15, -0.1) is 0 Å². The van der Waals surface area contributed by atoms with Crippen molar-refractivity contribution in [2.24, 2.45) is 0 Å². The SMILES string of the molecule is Cc1ccc2c(c1)C(n1nc(C)c(Cl)c1N)CC2. The van der Waals surface area contributed by atoms with E-state index in [0.717, 1.165) is 18.5 Å². The molecule has 0 bridgehead atoms. The first-order chi connectivity index (χ1) is 8.58. The zero-order chi connectivity index (χ0) is 12.9. The molecule has 4 heteroatoms. The number of benzene rings is 1. The lowest BCUT2D eigenvalue weighted by molar-refractivity contribution is 0.524. The molecule has 1 unspecified atom stereocenters. The number of nitrogens with zero attached hydrogens (tertiary/aromatic N) is 2. The van der Waals surface area contributed by atoms with Crippen LogP contribution < -0.4 is 5.73 Å². The van der Waals surface area contributed by atoms with E-state index < -0.39 is 0 Å². The maximum Gasteiger partial charge on any atom is 0.141 e. The fraction of sp³-hybridized carbons (Fsp3) is 0.357. The number of nitrogen functional groups attached to an aromatic ring is 1. The molecule has 18 heavy (non-hydrogen) atoms. The molecule has 0 radical (unpaired) electrons. The van der Waals surface area contributed by atoms with Gasteiger partial charge >= 0.3 is 0 Å². The molecule has 0 amide bonds. The maximum absolute atomic E-state index is 6.13. The largest absolute Gasteiger partial charge is 0.383 e. The smallest absolute Gasteiger partial charge is 0.141 e. The summed E-state index contributed by atoms with van der Waals surface area (Å²) in [5.41, 5.74) is 10.9. The van der Waals surface area contributed by atoms with Crippen LogP contribution in [0.4, 0.5) is 5.82 Å². The highest BCUT2D eigenvalue weighted by atomic mass is 35.5. The Morgan fingerprint density at radius 2 is 2.17 bits per heavy atom. The molecule has 94 valence electrons. The Hall–Kier alpha value is -1.48. The van der Waals surface area contributed by atoms with E-state index in [1.807, 2.05) is 11.6 Å². The summed E-state index contributed by atoms with van der Waals surface area (Å²) in [5, 5.41) is 5.06. The highest BCUT2D eigenvalue weighted by molar-refractivity contribution is 6.33. The molecule has 1 aliphatic carbocycles. The summed E-state index contributed by atoms with van der Waals surface area (Å²) < 4.78 is 1.88. The summed E-state index contributed by atoms with van der Waals surface area (Å²) in [5.74, 6) is 0.577. The molecule has 0 aliphatic heterocycles. The van der Waals surface area contributed by atoms with Gasteiger partial charge in [-0.05, 0) is 37.8 Å². The molecule has 0 saturated heterocycles. The Morgan fingerprint density at radius 1 is 1.39 bits per heavy atom. The third kappa shape index (κ3) is 1.62. The van der Waals surface area contributed by atoms with Crippen LogP contribution in [0.5, 0.6) is 0 Å². The minimum absolute atomic E-state index is 0.228. The van der Waals surface area contributed by atoms with Crippen LogP contribution >= 0.6 is 11.6 Å². The summed E-state index contributed by atoms with van der Waals surface area (Å²) in [4.78, 5) is 0. The van der Waals surface area contributed by atoms with E-state index in [1.54, 1.807) is 0 Å². The first-order valence-corrected chi connectivity index (χ1v) is 6.55. The Bertz CT molecular complexity index is 616. The number of aryl methyl sites for hydroxylation is 3. The van der Waals surface area contributed by atoms with E-state index in [0.29, 0.717) is 10.8 Å². The third-order valence-corrected chi connectivity index (χ3v) is 4.16. The van der Waals surface area contributed by atoms with Crippen molar-refractivity contribution < 1.29 is 0 Å². The van der Waals surface area contributed by atoms with Crippen molar-refractivity contribution in [2.45, 2.75) is 32.7 Å². The summed E-state index contributed by atoms with van der Waals surface area (Å²) in [6, 6.07) is 6.83. The first kappa shape index (κ1) is 11.6. The molecule has 0 saturated carbocycles. The molecule has 2 aromatic rings. The fourth-order valence-corrected chi connectivity index (χ4v) is 2.86. The van der Waals surface area contributed by atoms with Gasteiger partial charge in [-0.1, -0.05) is 35.4 Å². The third-order valence-electron chi connectivity index (χ3n) is 3.69. The number of rotatable bonds is 1. The van der Waals surface area contributed by atoms with Crippen molar-refractivity contribution in [3.05, 3.63) is 45.6 Å². The van der Waals surface area contributed by atoms with E-state index >= 15 is 0 Å². The first-order valence-electron chi connectivity index (χ1n) is 6.17. The molecule has 2 N–H and O–H groups in total. The van der Waals surface area contributed by atoms with E-state index in [-0.39, 0.29) is 6.04 Å². The van der Waals surface area contributed by atoms with Gasteiger partial charge in [0.05, 0.1) is 11.7 Å². The van der Waals surface area contributed by atoms with Gasteiger partial charge in [0.2, 0.25) is 0 Å². The molecule has 0 fully saturated rings. The minimum atomic E-state index is 0.228. The van der Waals surface area contributed by atoms with Crippen LogP contribution in [0.3, 0.4) is 0 Å². The van der Waals surface area contributed by atoms with Gasteiger partial charge < -0.3 is 5.73 Å². The van der Waals surface area contributed by atoms with Crippen molar-refractivity contribution >= 4 is 17.4 Å². The quantitative estimate of drug-likeness (QED) is 0.856. The topological polar surface area (TPSA) is 43.8 Å². The van der Waals surface area contributed by atoms with Gasteiger partial charge in [0.1, 0.15) is 10.8 Å². The molecule has 3 nitrogen and oxygen atoms in total. The Balaban J connectivity index is 2.11. The van der Waals surface area contributed by atoms with Gasteiger partial charge in [0.25, 0.3) is 0 Å². The van der Waals surface area contributed by atoms with Gasteiger partial charge in [-0.25, -0.2) is 4.68 Å². The highest BCUT2D eigenvalue weighted by Gasteiger charge is 2.27. The predicted molar refractivity (Wildman–Crippen MR) is 74.0 cm³/mol. The fourth-order valence-electron chi connectivity index (χ4n) is 2.74. The van der Waals surface area contributed by atoms with Gasteiger partial charge in [0.15, 0.2) is 0 Å². The van der Waals surface area contributed by atoms with Crippen LogP contribution in [0.1, 0.15) is 34.8 Å². The van der Waals surface area contributed by atoms with Crippen LogP contribution in [0.15, 0.2) is 18.2 Å². The van der Waals surface area contributed by atoms with Crippen molar-refractivity contribution in [2.75, 3.05) is 5.73 Å². The molecule has 3 rings (SSSR count). The number of hydrogen-bond acceptors (Lipinski definition) is 2. The number of aromatic nitrogens is 2. The Morgan fingerprint density at radius 3 is 2.83 bits per heavy atom. The van der Waals surface area contributed by atoms with Crippen molar-refractivity contribution in [3.63, 3.8) is 0 Å². The lowest BCUT2D eigenvalue weighted by Crippen LogP contribution is -2.12. The molecular formula is C14H16ClN3. The molecule has 1 aliphatic rings. The van der Waals surface area contributed by atoms with Crippen LogP contribution in [-0.2, 0) is 6.42 Å². The predicted octanol–water partition coefficient (Wildman–Crippen LogP) is 3.27. The standard InChI is InChI=1S/C14H16ClN3/c1-8-3-4-10-5-6-12(11(10)7-8)18-14(16)13(15)9(2)17-18/h3-4,7,12H,5-6,16H2,1-2H3. The average molecular weight is 262 g/mol. The zero-order valence-electron chi connectivity index (χ0n) is 10.6. The molecule has 1 aromatic carbocycles. The molecule has 0 spiro atoms. The molecule has 1 aromatic heterocycles. The lowest BCUT2D eigenvalue weighted by Gasteiger charge is -2.14. The number of hydrogen-bond donors (Lipinski definition) is 1. The second-order valence-corrected chi connectivity index (χ2v) is 5.36. The minimum Gasteiger partial charge on any atom is -0.383 e. The second kappa shape index (κ2) is 4.02. The molecular weight excluding hydrogens is 246 g/mol. The summed E-state index contributed by atoms with van der Waals surface area (Å²) in [6.45, 7) is 4.00. The monoisotopic (exact) mass is 261 g/mol. The summed E-state index contributed by atoms with van der Waals surface area (Å²) in [7, 11) is 0. The highest BCUT2D eigenvalue weighted by Crippen LogP contribution is 2.37. The second-order valence-electron chi connectivity index (χ2n) is 4.99. The number of fused-ring (bicyclic) bond motifs is 1. The van der Waals surface area contributed by atoms with Crippen molar-refractivity contribution in [1.29, 1.82) is 0 Å². The van der Waals surface area contributed by atoms with E-state index in [4.69, 9.17) is 17.3 Å². The van der Waals surface area contributed by atoms with Crippen LogP contribution in [0, 0.1) is 13.8 Å². The normalized spacial score (nSPS) is 18.1. The van der Waals surface area contributed by atoms with E-state index in [2.05, 4.69) is 30.2 Å². The van der Waals surface area contributed by atoms with Gasteiger partial charge in [0, 0.05) is 0 Å². The molecule has 1 heterocycles. The van der Waals surface area contributed by atoms with Crippen LogP contribution in [0.2, 0.25) is 5.02 Å². The van der Waals surface area contributed by atoms with Crippen molar-refractivity contribution in [3.8, 4) is 0 Å². The van der Waals surface area contributed by atoms with Gasteiger partial charge in [-0.3, -0.25) is 0 Å².